The van der Waals surface area contributed by atoms with Gasteiger partial charge in [0.1, 0.15) is 22.5 Å². The number of rotatable bonds is 13. The van der Waals surface area contributed by atoms with E-state index in [2.05, 4.69) is 35.5 Å². The molecule has 0 saturated carbocycles. The van der Waals surface area contributed by atoms with Gasteiger partial charge in [0.15, 0.2) is 15.2 Å². The molecular formula is C26H20N8O13S2. The van der Waals surface area contributed by atoms with Crippen molar-refractivity contribution >= 4 is 54.4 Å². The van der Waals surface area contributed by atoms with E-state index in [1.165, 1.54) is 36.4 Å². The van der Waals surface area contributed by atoms with Crippen LogP contribution in [-0.4, -0.2) is 48.7 Å². The summed E-state index contributed by atoms with van der Waals surface area (Å²) >= 11 is 0. The minimum absolute atomic E-state index is 0.0808. The highest BCUT2D eigenvalue weighted by Gasteiger charge is 2.17. The Morgan fingerprint density at radius 3 is 1.86 bits per heavy atom. The van der Waals surface area contributed by atoms with Gasteiger partial charge in [-0.1, -0.05) is 0 Å². The molecule has 4 rings (SSSR count). The average molecular weight is 717 g/mol. The summed E-state index contributed by atoms with van der Waals surface area (Å²) in [4.78, 5) is 46.7. The van der Waals surface area contributed by atoms with Gasteiger partial charge in [0.25, 0.3) is 11.4 Å². The topological polar surface area (TPSA) is 312 Å². The Hall–Kier alpha value is -6.30. The lowest BCUT2D eigenvalue weighted by Crippen LogP contribution is -2.48. The predicted octanol–water partition coefficient (Wildman–Crippen LogP) is 1.67. The minimum atomic E-state index is -4.85. The predicted molar refractivity (Wildman–Crippen MR) is 168 cm³/mol. The van der Waals surface area contributed by atoms with E-state index in [1.54, 1.807) is 0 Å². The quantitative estimate of drug-likeness (QED) is 0.0662. The lowest BCUT2D eigenvalue weighted by molar-refractivity contribution is -0.385. The van der Waals surface area contributed by atoms with Crippen LogP contribution in [0.1, 0.15) is 0 Å². The van der Waals surface area contributed by atoms with Crippen molar-refractivity contribution in [2.75, 3.05) is 23.2 Å². The van der Waals surface area contributed by atoms with Crippen LogP contribution in [0.25, 0.3) is 0 Å². The fourth-order valence-electron chi connectivity index (χ4n) is 3.69. The molecule has 0 atom stereocenters. The monoisotopic (exact) mass is 716 g/mol. The van der Waals surface area contributed by atoms with Gasteiger partial charge in [-0.05, 0) is 42.5 Å². The van der Waals surface area contributed by atoms with Crippen LogP contribution in [0, 0.1) is 20.2 Å². The van der Waals surface area contributed by atoms with Gasteiger partial charge in [0, 0.05) is 24.3 Å². The van der Waals surface area contributed by atoms with Gasteiger partial charge >= 0.3 is 10.4 Å². The first-order valence-electron chi connectivity index (χ1n) is 13.1. The number of azo groups is 1. The highest BCUT2D eigenvalue weighted by molar-refractivity contribution is 7.91. The Morgan fingerprint density at radius 2 is 1.29 bits per heavy atom. The molecular weight excluding hydrogens is 696 g/mol. The zero-order valence-corrected chi connectivity index (χ0v) is 25.9. The number of nitrogens with one attached hydrogen (secondary N) is 2. The van der Waals surface area contributed by atoms with Crippen molar-refractivity contribution in [3.63, 3.8) is 0 Å². The van der Waals surface area contributed by atoms with Crippen molar-refractivity contribution in [1.82, 2.24) is 0 Å². The van der Waals surface area contributed by atoms with Gasteiger partial charge in [-0.2, -0.15) is 18.6 Å². The number of hydrogen-bond acceptors (Lipinski definition) is 18. The van der Waals surface area contributed by atoms with E-state index in [-0.39, 0.29) is 27.6 Å². The highest BCUT2D eigenvalue weighted by Crippen LogP contribution is 2.31. The molecule has 23 heteroatoms. The zero-order chi connectivity index (χ0) is 35.9. The third-order valence-electron chi connectivity index (χ3n) is 6.08. The molecule has 0 aliphatic carbocycles. The molecule has 4 aromatic carbocycles. The molecule has 254 valence electrons. The molecule has 0 bridgehead atoms. The van der Waals surface area contributed by atoms with Gasteiger partial charge in [-0.15, -0.1) is 10.2 Å². The number of nitro groups is 2. The van der Waals surface area contributed by atoms with Gasteiger partial charge in [0.05, 0.1) is 44.5 Å². The van der Waals surface area contributed by atoms with Crippen molar-refractivity contribution in [3.8, 4) is 5.75 Å². The Morgan fingerprint density at radius 1 is 0.735 bits per heavy atom. The molecule has 0 spiro atoms. The molecule has 0 aliphatic heterocycles. The third-order valence-corrected chi connectivity index (χ3v) is 8.24. The molecule has 0 saturated heterocycles. The van der Waals surface area contributed by atoms with Crippen LogP contribution >= 0.6 is 0 Å². The smallest absolute Gasteiger partial charge is 0.397 e. The van der Waals surface area contributed by atoms with E-state index in [1.807, 2.05) is 0 Å². The fourth-order valence-corrected chi connectivity index (χ4v) is 5.18. The van der Waals surface area contributed by atoms with Gasteiger partial charge in [-0.3, -0.25) is 45.2 Å². The van der Waals surface area contributed by atoms with Crippen molar-refractivity contribution in [3.05, 3.63) is 124 Å². The number of nitro benzene ring substituents is 2. The van der Waals surface area contributed by atoms with Crippen LogP contribution in [0.2, 0.25) is 0 Å². The Bertz CT molecular complexity index is 2410. The van der Waals surface area contributed by atoms with E-state index >= 15 is 0 Å². The standard InChI is InChI=1S/C26H20N8O13S2/c35-23-13-18(34(40)41)7-10-20(23)29-31-22-14-21(30-27-15-1-5-17(6-2-15)33(38)39)25(36)24(26(22)37)32-28-16-3-8-19(9-4-16)48(42,43)12-11-47-49(44,45)46/h1-10,13-14,27-28,35H,11-12H2,(H,44,45,46). The van der Waals surface area contributed by atoms with Crippen LogP contribution < -0.4 is 32.4 Å². The molecule has 0 amide bonds. The number of phenolic OH excluding ortho intramolecular Hbond substituents is 1. The second-order valence-electron chi connectivity index (χ2n) is 9.40. The molecule has 0 fully saturated rings. The molecule has 0 radical (unpaired) electrons. The SMILES string of the molecule is O=c1c(N=Nc2ccc([N+](=O)[O-])cc2O)cc(=NNc2ccc([N+](=O)[O-])cc2)c(=O)c1=NNc1ccc(S(=O)(=O)CCOS(=O)(=O)O)cc1. The lowest BCUT2D eigenvalue weighted by atomic mass is 10.2. The second kappa shape index (κ2) is 14.6. The number of sulfone groups is 1. The maximum atomic E-state index is 13.2. The van der Waals surface area contributed by atoms with Crippen LogP contribution in [0.5, 0.6) is 5.75 Å². The average Bonchev–Trinajstić information content (AvgIpc) is 3.04. The molecule has 0 aliphatic rings. The molecule has 4 N–H and O–H groups in total. The van der Waals surface area contributed by atoms with Crippen LogP contribution in [-0.2, 0) is 24.4 Å². The Labute approximate surface area is 273 Å². The number of phenols is 1. The maximum absolute atomic E-state index is 13.2. The number of aromatic hydroxyl groups is 1. The van der Waals surface area contributed by atoms with Crippen LogP contribution in [0.15, 0.2) is 108 Å². The highest BCUT2D eigenvalue weighted by atomic mass is 32.3. The second-order valence-corrected chi connectivity index (χ2v) is 12.6. The summed E-state index contributed by atoms with van der Waals surface area (Å²) in [7, 11) is -8.90. The van der Waals surface area contributed by atoms with Gasteiger partial charge in [0.2, 0.25) is 10.9 Å². The molecule has 0 heterocycles. The summed E-state index contributed by atoms with van der Waals surface area (Å²) in [5, 5.41) is 46.0. The summed E-state index contributed by atoms with van der Waals surface area (Å²) in [6, 6.07) is 13.4. The van der Waals surface area contributed by atoms with Crippen molar-refractivity contribution < 1.29 is 40.5 Å². The van der Waals surface area contributed by atoms with E-state index < -0.39 is 81.1 Å². The maximum Gasteiger partial charge on any atom is 0.397 e. The molecule has 49 heavy (non-hydrogen) atoms. The van der Waals surface area contributed by atoms with Crippen molar-refractivity contribution in [2.24, 2.45) is 20.4 Å². The van der Waals surface area contributed by atoms with Gasteiger partial charge in [-0.25, -0.2) is 12.6 Å². The summed E-state index contributed by atoms with van der Waals surface area (Å²) in [5.74, 6) is -1.43. The third kappa shape index (κ3) is 9.38. The first-order valence-corrected chi connectivity index (χ1v) is 16.1. The Balaban J connectivity index is 1.71. The molecule has 4 aromatic rings. The fraction of sp³-hybridized carbons (Fsp3) is 0.0769. The van der Waals surface area contributed by atoms with E-state index in [0.29, 0.717) is 0 Å². The summed E-state index contributed by atoms with van der Waals surface area (Å²) in [5.41, 5.74) is 1.68. The summed E-state index contributed by atoms with van der Waals surface area (Å²) < 4.78 is 58.8. The molecule has 0 aromatic heterocycles. The Kier molecular flexibility index (Phi) is 10.6. The normalized spacial score (nSPS) is 12.7. The van der Waals surface area contributed by atoms with Crippen LogP contribution in [0.4, 0.5) is 34.1 Å². The minimum Gasteiger partial charge on any atom is -0.505 e. The lowest BCUT2D eigenvalue weighted by Gasteiger charge is -2.05. The van der Waals surface area contributed by atoms with E-state index in [0.717, 1.165) is 36.4 Å². The zero-order valence-electron chi connectivity index (χ0n) is 24.2. The van der Waals surface area contributed by atoms with Crippen molar-refractivity contribution in [2.45, 2.75) is 4.90 Å². The first kappa shape index (κ1) is 35.6. The largest absolute Gasteiger partial charge is 0.505 e. The number of hydrogen-bond donors (Lipinski definition) is 4. The number of benzene rings is 4. The first-order chi connectivity index (χ1) is 23.0. The van der Waals surface area contributed by atoms with Gasteiger partial charge < -0.3 is 5.11 Å². The summed E-state index contributed by atoms with van der Waals surface area (Å²) in [6.45, 7) is -0.848. The van der Waals surface area contributed by atoms with Crippen LogP contribution in [0.3, 0.4) is 0 Å². The molecule has 0 unspecified atom stereocenters. The summed E-state index contributed by atoms with van der Waals surface area (Å²) in [6.07, 6.45) is 0. The van der Waals surface area contributed by atoms with E-state index in [9.17, 15) is 51.8 Å². The molecule has 21 nitrogen and oxygen atoms in total. The van der Waals surface area contributed by atoms with Crippen molar-refractivity contribution in [1.29, 1.82) is 0 Å². The number of nitrogens with zero attached hydrogens (tertiary/aromatic N) is 6. The number of non-ortho nitro benzene ring substituents is 2. The number of anilines is 2. The van der Waals surface area contributed by atoms with E-state index in [4.69, 9.17) is 4.55 Å².